The molecule has 0 saturated carbocycles. The van der Waals surface area contributed by atoms with Gasteiger partial charge in [0.15, 0.2) is 5.65 Å². The van der Waals surface area contributed by atoms with Crippen LogP contribution in [0.4, 0.5) is 0 Å². The van der Waals surface area contributed by atoms with Gasteiger partial charge in [-0.1, -0.05) is 37.3 Å². The highest BCUT2D eigenvalue weighted by atomic mass is 31.2. The molecule has 0 fully saturated rings. The predicted octanol–water partition coefficient (Wildman–Crippen LogP) is 4.11. The van der Waals surface area contributed by atoms with Gasteiger partial charge in [-0.3, -0.25) is 4.57 Å². The lowest BCUT2D eigenvalue weighted by Gasteiger charge is -2.16. The monoisotopic (exact) mass is 461 g/mol. The average Bonchev–Trinajstić information content (AvgIpc) is 3.51. The Hall–Kier alpha value is -3.42. The summed E-state index contributed by atoms with van der Waals surface area (Å²) in [7, 11) is -1.33. The molecule has 0 spiro atoms. The topological polar surface area (TPSA) is 100 Å². The number of fused-ring (bicyclic) bond motifs is 2. The van der Waals surface area contributed by atoms with Crippen LogP contribution in [0.5, 0.6) is 0 Å². The van der Waals surface area contributed by atoms with Gasteiger partial charge in [0.2, 0.25) is 13.0 Å². The van der Waals surface area contributed by atoms with E-state index in [0.717, 1.165) is 23.2 Å². The lowest BCUT2D eigenvalue weighted by Crippen LogP contribution is -2.13. The van der Waals surface area contributed by atoms with E-state index in [1.165, 1.54) is 7.11 Å². The minimum Gasteiger partial charge on any atom is -0.329 e. The van der Waals surface area contributed by atoms with Gasteiger partial charge in [-0.2, -0.15) is 0 Å². The number of rotatable bonds is 7. The second kappa shape index (κ2) is 8.50. The zero-order valence-corrected chi connectivity index (χ0v) is 19.6. The lowest BCUT2D eigenvalue weighted by atomic mass is 10.1. The molecule has 10 heteroatoms. The fourth-order valence-corrected chi connectivity index (χ4v) is 5.48. The number of aromatic nitrogens is 7. The molecule has 0 bridgehead atoms. The van der Waals surface area contributed by atoms with Gasteiger partial charge in [-0.15, -0.1) is 5.10 Å². The molecule has 2 unspecified atom stereocenters. The van der Waals surface area contributed by atoms with Crippen molar-refractivity contribution >= 4 is 29.6 Å². The molecule has 168 valence electrons. The minimum absolute atomic E-state index is 0.0501. The third-order valence-corrected chi connectivity index (χ3v) is 8.44. The molecule has 33 heavy (non-hydrogen) atoms. The summed E-state index contributed by atoms with van der Waals surface area (Å²) >= 11 is 0. The number of imidazole rings is 1. The summed E-state index contributed by atoms with van der Waals surface area (Å²) in [5, 5.41) is 9.31. The number of hydrogen-bond donors (Lipinski definition) is 0. The molecule has 0 radical (unpaired) electrons. The molecule has 0 saturated heterocycles. The van der Waals surface area contributed by atoms with E-state index in [1.54, 1.807) is 12.4 Å². The number of pyridine rings is 1. The molecule has 2 atom stereocenters. The standard InChI is InChI=1S/C23H24N7O2P/c1-4-20(17-8-11-21-24-12-13-29(21)15-17)30-23-22(27-28-30)25-14-19(26-23)16-6-9-18(10-7-16)33(31,5-2)32-3/h6-15,20H,4-5H2,1-3H3. The van der Waals surface area contributed by atoms with Crippen LogP contribution < -0.4 is 5.30 Å². The van der Waals surface area contributed by atoms with Crippen LogP contribution in [0.25, 0.3) is 28.2 Å². The number of hydrogen-bond acceptors (Lipinski definition) is 7. The number of nitrogens with zero attached hydrogens (tertiary/aromatic N) is 7. The van der Waals surface area contributed by atoms with Crippen molar-refractivity contribution in [3.63, 3.8) is 0 Å². The third-order valence-electron chi connectivity index (χ3n) is 5.93. The molecule has 5 rings (SSSR count). The van der Waals surface area contributed by atoms with Gasteiger partial charge < -0.3 is 8.92 Å². The van der Waals surface area contributed by atoms with Crippen LogP contribution in [0.3, 0.4) is 0 Å². The SMILES string of the molecule is CCC(c1ccc2nccn2c1)n1nnc2ncc(-c3ccc(P(=O)(CC)OC)cc3)nc21. The third kappa shape index (κ3) is 3.73. The quantitative estimate of drug-likeness (QED) is 0.336. The Kier molecular flexibility index (Phi) is 5.52. The predicted molar refractivity (Wildman–Crippen MR) is 127 cm³/mol. The molecule has 0 aliphatic heterocycles. The molecule has 5 aromatic rings. The smallest absolute Gasteiger partial charge is 0.231 e. The maximum atomic E-state index is 12.8. The van der Waals surface area contributed by atoms with E-state index in [-0.39, 0.29) is 6.04 Å². The van der Waals surface area contributed by atoms with Crippen molar-refractivity contribution in [1.82, 2.24) is 34.3 Å². The Morgan fingerprint density at radius 3 is 2.64 bits per heavy atom. The second-order valence-electron chi connectivity index (χ2n) is 7.73. The van der Waals surface area contributed by atoms with E-state index >= 15 is 0 Å². The molecule has 4 aromatic heterocycles. The van der Waals surface area contributed by atoms with Gasteiger partial charge >= 0.3 is 0 Å². The van der Waals surface area contributed by atoms with Gasteiger partial charge in [0.05, 0.1) is 17.9 Å². The zero-order chi connectivity index (χ0) is 23.0. The Bertz CT molecular complexity index is 1470. The highest BCUT2D eigenvalue weighted by Gasteiger charge is 2.22. The van der Waals surface area contributed by atoms with Crippen LogP contribution in [0, 0.1) is 0 Å². The fraction of sp³-hybridized carbons (Fsp3) is 0.261. The lowest BCUT2D eigenvalue weighted by molar-refractivity contribution is 0.404. The van der Waals surface area contributed by atoms with Crippen molar-refractivity contribution in [3.05, 3.63) is 66.7 Å². The summed E-state index contributed by atoms with van der Waals surface area (Å²) in [6, 6.07) is 11.5. The summed E-state index contributed by atoms with van der Waals surface area (Å²) in [5.41, 5.74) is 4.65. The first-order valence-electron chi connectivity index (χ1n) is 10.8. The van der Waals surface area contributed by atoms with Gasteiger partial charge in [-0.05, 0) is 30.2 Å². The summed E-state index contributed by atoms with van der Waals surface area (Å²) in [4.78, 5) is 13.6. The Morgan fingerprint density at radius 2 is 1.91 bits per heavy atom. The van der Waals surface area contributed by atoms with E-state index in [4.69, 9.17) is 9.51 Å². The Balaban J connectivity index is 1.54. The highest BCUT2D eigenvalue weighted by Crippen LogP contribution is 2.44. The van der Waals surface area contributed by atoms with E-state index < -0.39 is 7.37 Å². The van der Waals surface area contributed by atoms with Crippen LogP contribution in [-0.4, -0.2) is 47.6 Å². The molecule has 9 nitrogen and oxygen atoms in total. The van der Waals surface area contributed by atoms with Gasteiger partial charge in [-0.25, -0.2) is 19.6 Å². The summed E-state index contributed by atoms with van der Waals surface area (Å²) < 4.78 is 21.9. The van der Waals surface area contributed by atoms with Crippen LogP contribution >= 0.6 is 7.37 Å². The molecule has 0 N–H and O–H groups in total. The second-order valence-corrected chi connectivity index (χ2v) is 10.6. The maximum absolute atomic E-state index is 12.8. The molecule has 0 amide bonds. The molecule has 0 aliphatic rings. The first-order valence-corrected chi connectivity index (χ1v) is 12.6. The average molecular weight is 461 g/mol. The molecular formula is C23H24N7O2P. The Labute approximate surface area is 190 Å². The summed E-state index contributed by atoms with van der Waals surface area (Å²) in [6.07, 6.45) is 8.70. The fourth-order valence-electron chi connectivity index (χ4n) is 4.04. The van der Waals surface area contributed by atoms with E-state index in [1.807, 2.05) is 52.5 Å². The minimum atomic E-state index is -2.81. The summed E-state index contributed by atoms with van der Waals surface area (Å²) in [5.74, 6) is 0. The highest BCUT2D eigenvalue weighted by molar-refractivity contribution is 7.66. The van der Waals surface area contributed by atoms with Crippen molar-refractivity contribution in [1.29, 1.82) is 0 Å². The molecule has 1 aromatic carbocycles. The van der Waals surface area contributed by atoms with Crippen molar-refractivity contribution in [3.8, 4) is 11.3 Å². The maximum Gasteiger partial charge on any atom is 0.231 e. The first-order chi connectivity index (χ1) is 16.1. The summed E-state index contributed by atoms with van der Waals surface area (Å²) in [6.45, 7) is 3.97. The van der Waals surface area contributed by atoms with Crippen LogP contribution in [0.15, 0.2) is 61.2 Å². The van der Waals surface area contributed by atoms with Gasteiger partial charge in [0, 0.05) is 42.7 Å². The zero-order valence-electron chi connectivity index (χ0n) is 18.7. The normalized spacial score (nSPS) is 14.5. The largest absolute Gasteiger partial charge is 0.329 e. The van der Waals surface area contributed by atoms with Gasteiger partial charge in [0.25, 0.3) is 0 Å². The van der Waals surface area contributed by atoms with E-state index in [0.29, 0.717) is 28.5 Å². The Morgan fingerprint density at radius 1 is 1.09 bits per heavy atom. The molecular weight excluding hydrogens is 437 g/mol. The van der Waals surface area contributed by atoms with Crippen molar-refractivity contribution < 1.29 is 9.09 Å². The van der Waals surface area contributed by atoms with Crippen molar-refractivity contribution in [2.45, 2.75) is 26.3 Å². The van der Waals surface area contributed by atoms with Gasteiger partial charge in [0.1, 0.15) is 5.65 Å². The van der Waals surface area contributed by atoms with Crippen LogP contribution in [-0.2, 0) is 9.09 Å². The molecule has 0 aliphatic carbocycles. The molecule has 4 heterocycles. The van der Waals surface area contributed by atoms with Crippen LogP contribution in [0.2, 0.25) is 0 Å². The van der Waals surface area contributed by atoms with E-state index in [9.17, 15) is 4.57 Å². The van der Waals surface area contributed by atoms with E-state index in [2.05, 4.69) is 39.5 Å². The van der Waals surface area contributed by atoms with Crippen LogP contribution in [0.1, 0.15) is 31.9 Å². The van der Waals surface area contributed by atoms with Crippen molar-refractivity contribution in [2.24, 2.45) is 0 Å². The van der Waals surface area contributed by atoms with Crippen molar-refractivity contribution in [2.75, 3.05) is 13.3 Å². The number of benzene rings is 1. The first kappa shape index (κ1) is 21.4.